The van der Waals surface area contributed by atoms with E-state index in [0.717, 1.165) is 22.5 Å². The van der Waals surface area contributed by atoms with Crippen LogP contribution in [0.5, 0.6) is 0 Å². The maximum Gasteiger partial charge on any atom is 0.331 e. The molecule has 2 unspecified atom stereocenters. The van der Waals surface area contributed by atoms with E-state index in [0.29, 0.717) is 0 Å². The first kappa shape index (κ1) is 17.0. The van der Waals surface area contributed by atoms with Gasteiger partial charge in [-0.15, -0.1) is 0 Å². The molecule has 4 rings (SSSR count). The second-order valence-corrected chi connectivity index (χ2v) is 6.39. The number of nitrogens with zero attached hydrogens (tertiary/aromatic N) is 2. The van der Waals surface area contributed by atoms with E-state index in [1.807, 2.05) is 91.0 Å². The summed E-state index contributed by atoms with van der Waals surface area (Å²) in [4.78, 5) is 12.8. The molecule has 134 valence electrons. The van der Waals surface area contributed by atoms with Crippen LogP contribution < -0.4 is 5.01 Å². The summed E-state index contributed by atoms with van der Waals surface area (Å²) in [7, 11) is 1.42. The van der Waals surface area contributed by atoms with Crippen LogP contribution in [0.15, 0.2) is 96.1 Å². The van der Waals surface area contributed by atoms with E-state index in [4.69, 9.17) is 9.84 Å². The van der Waals surface area contributed by atoms with Crippen molar-refractivity contribution in [3.63, 3.8) is 0 Å². The maximum absolute atomic E-state index is 12.8. The first-order chi connectivity index (χ1) is 13.3. The minimum absolute atomic E-state index is 0.221. The van der Waals surface area contributed by atoms with Gasteiger partial charge >= 0.3 is 5.97 Å². The van der Waals surface area contributed by atoms with E-state index in [1.165, 1.54) is 7.11 Å². The highest BCUT2D eigenvalue weighted by Gasteiger charge is 2.44. The normalized spacial score (nSPS) is 18.9. The number of anilines is 1. The molecule has 2 atom stereocenters. The molecule has 0 saturated carbocycles. The third kappa shape index (κ3) is 3.22. The molecule has 0 aromatic heterocycles. The Balaban J connectivity index is 1.89. The van der Waals surface area contributed by atoms with Crippen LogP contribution in [0.4, 0.5) is 5.69 Å². The number of hydrogen-bond donors (Lipinski definition) is 0. The second kappa shape index (κ2) is 7.46. The smallest absolute Gasteiger partial charge is 0.331 e. The second-order valence-electron chi connectivity index (χ2n) is 6.39. The molecule has 0 radical (unpaired) electrons. The van der Waals surface area contributed by atoms with Crippen molar-refractivity contribution < 1.29 is 9.53 Å². The monoisotopic (exact) mass is 356 g/mol. The highest BCUT2D eigenvalue weighted by molar-refractivity contribution is 6.11. The Bertz CT molecular complexity index is 940. The topological polar surface area (TPSA) is 41.9 Å². The number of carbonyl (C=O) groups excluding carboxylic acids is 1. The predicted octanol–water partition coefficient (Wildman–Crippen LogP) is 4.24. The number of benzene rings is 3. The fourth-order valence-electron chi connectivity index (χ4n) is 3.53. The minimum atomic E-state index is -0.560. The molecule has 27 heavy (non-hydrogen) atoms. The van der Waals surface area contributed by atoms with Crippen LogP contribution in [0.2, 0.25) is 0 Å². The SMILES string of the molecule is COC(=O)C1C(c2ccccc2)C(c2ccccc2)=NN1c1ccccc1. The van der Waals surface area contributed by atoms with Gasteiger partial charge in [0.1, 0.15) is 0 Å². The largest absolute Gasteiger partial charge is 0.467 e. The van der Waals surface area contributed by atoms with Crippen LogP contribution in [-0.4, -0.2) is 24.8 Å². The summed E-state index contributed by atoms with van der Waals surface area (Å²) in [6, 6.07) is 29.2. The zero-order valence-corrected chi connectivity index (χ0v) is 15.0. The van der Waals surface area contributed by atoms with Gasteiger partial charge < -0.3 is 4.74 Å². The average Bonchev–Trinajstić information content (AvgIpc) is 3.16. The van der Waals surface area contributed by atoms with Gasteiger partial charge in [-0.25, -0.2) is 9.80 Å². The average molecular weight is 356 g/mol. The Hall–Kier alpha value is -3.40. The number of para-hydroxylation sites is 1. The number of rotatable bonds is 4. The molecule has 0 fully saturated rings. The van der Waals surface area contributed by atoms with E-state index in [1.54, 1.807) is 5.01 Å². The summed E-state index contributed by atoms with van der Waals surface area (Å²) in [5.41, 5.74) is 3.76. The predicted molar refractivity (Wildman–Crippen MR) is 107 cm³/mol. The van der Waals surface area contributed by atoms with Gasteiger partial charge in [0, 0.05) is 0 Å². The molecule has 1 aliphatic heterocycles. The van der Waals surface area contributed by atoms with Crippen LogP contribution in [0.25, 0.3) is 0 Å². The summed E-state index contributed by atoms with van der Waals surface area (Å²) in [5.74, 6) is -0.524. The maximum atomic E-state index is 12.8. The van der Waals surface area contributed by atoms with Crippen molar-refractivity contribution in [2.45, 2.75) is 12.0 Å². The molecule has 1 aliphatic rings. The van der Waals surface area contributed by atoms with Gasteiger partial charge in [0.15, 0.2) is 6.04 Å². The van der Waals surface area contributed by atoms with Crippen molar-refractivity contribution in [3.8, 4) is 0 Å². The first-order valence-electron chi connectivity index (χ1n) is 8.90. The molecular weight excluding hydrogens is 336 g/mol. The molecule has 4 heteroatoms. The van der Waals surface area contributed by atoms with Crippen LogP contribution in [0.1, 0.15) is 17.0 Å². The molecule has 3 aromatic carbocycles. The Morgan fingerprint density at radius 1 is 0.852 bits per heavy atom. The number of hydrazone groups is 1. The summed E-state index contributed by atoms with van der Waals surface area (Å²) in [5, 5.41) is 6.67. The molecule has 4 nitrogen and oxygen atoms in total. The van der Waals surface area contributed by atoms with E-state index in [-0.39, 0.29) is 11.9 Å². The highest BCUT2D eigenvalue weighted by atomic mass is 16.5. The number of hydrogen-bond acceptors (Lipinski definition) is 4. The van der Waals surface area contributed by atoms with Crippen LogP contribution >= 0.6 is 0 Å². The lowest BCUT2D eigenvalue weighted by Gasteiger charge is -2.26. The van der Waals surface area contributed by atoms with E-state index in [2.05, 4.69) is 0 Å². The van der Waals surface area contributed by atoms with E-state index in [9.17, 15) is 4.79 Å². The molecule has 0 aliphatic carbocycles. The Labute approximate surface area is 158 Å². The fourth-order valence-corrected chi connectivity index (χ4v) is 3.53. The van der Waals surface area contributed by atoms with E-state index >= 15 is 0 Å². The Morgan fingerprint density at radius 2 is 1.41 bits per heavy atom. The fraction of sp³-hybridized carbons (Fsp3) is 0.130. The minimum Gasteiger partial charge on any atom is -0.467 e. The van der Waals surface area contributed by atoms with Crippen molar-refractivity contribution in [2.24, 2.45) is 5.10 Å². The van der Waals surface area contributed by atoms with Gasteiger partial charge in [0.25, 0.3) is 0 Å². The van der Waals surface area contributed by atoms with Gasteiger partial charge in [0.2, 0.25) is 0 Å². The first-order valence-corrected chi connectivity index (χ1v) is 8.90. The van der Waals surface area contributed by atoms with Crippen LogP contribution in [-0.2, 0) is 9.53 Å². The van der Waals surface area contributed by atoms with Gasteiger partial charge in [-0.05, 0) is 23.3 Å². The van der Waals surface area contributed by atoms with Gasteiger partial charge in [-0.3, -0.25) is 0 Å². The van der Waals surface area contributed by atoms with Gasteiger partial charge in [0.05, 0.1) is 24.4 Å². The molecule has 1 heterocycles. The lowest BCUT2D eigenvalue weighted by molar-refractivity contribution is -0.142. The number of carbonyl (C=O) groups is 1. The zero-order chi connectivity index (χ0) is 18.6. The summed E-state index contributed by atoms with van der Waals surface area (Å²) in [6.07, 6.45) is 0. The van der Waals surface area contributed by atoms with Crippen LogP contribution in [0, 0.1) is 0 Å². The lowest BCUT2D eigenvalue weighted by Crippen LogP contribution is -2.40. The van der Waals surface area contributed by atoms with Crippen molar-refractivity contribution in [1.82, 2.24) is 0 Å². The number of methoxy groups -OCH3 is 1. The summed E-state index contributed by atoms with van der Waals surface area (Å²) < 4.78 is 5.17. The number of esters is 1. The molecule has 0 N–H and O–H groups in total. The van der Waals surface area contributed by atoms with Gasteiger partial charge in [-0.2, -0.15) is 5.10 Å². The zero-order valence-electron chi connectivity index (χ0n) is 15.0. The van der Waals surface area contributed by atoms with Gasteiger partial charge in [-0.1, -0.05) is 78.9 Å². The van der Waals surface area contributed by atoms with Crippen LogP contribution in [0.3, 0.4) is 0 Å². The van der Waals surface area contributed by atoms with Crippen molar-refractivity contribution in [1.29, 1.82) is 0 Å². The Kier molecular flexibility index (Phi) is 4.71. The molecule has 0 spiro atoms. The molecule has 0 saturated heterocycles. The molecule has 0 bridgehead atoms. The molecular formula is C23H20N2O2. The third-order valence-corrected chi connectivity index (χ3v) is 4.78. The summed E-state index contributed by atoms with van der Waals surface area (Å²) >= 11 is 0. The Morgan fingerprint density at radius 3 is 2.00 bits per heavy atom. The summed E-state index contributed by atoms with van der Waals surface area (Å²) in [6.45, 7) is 0. The highest BCUT2D eigenvalue weighted by Crippen LogP contribution is 2.37. The quantitative estimate of drug-likeness (QED) is 0.657. The lowest BCUT2D eigenvalue weighted by atomic mass is 9.85. The van der Waals surface area contributed by atoms with Crippen molar-refractivity contribution in [3.05, 3.63) is 102 Å². The molecule has 0 amide bonds. The standard InChI is InChI=1S/C23H20N2O2/c1-27-23(26)22-20(17-11-5-2-6-12-17)21(18-13-7-3-8-14-18)24-25(22)19-15-9-4-10-16-19/h2-16,20,22H,1H3. The number of ether oxygens (including phenoxy) is 1. The third-order valence-electron chi connectivity index (χ3n) is 4.78. The van der Waals surface area contributed by atoms with Crippen molar-refractivity contribution >= 4 is 17.4 Å². The van der Waals surface area contributed by atoms with Crippen molar-refractivity contribution in [2.75, 3.05) is 12.1 Å². The molecule has 3 aromatic rings. The van der Waals surface area contributed by atoms with E-state index < -0.39 is 6.04 Å².